The molecule has 0 aliphatic heterocycles. The quantitative estimate of drug-likeness (QED) is 0.107. The van der Waals surface area contributed by atoms with Gasteiger partial charge in [0.15, 0.2) is 36.9 Å². The predicted molar refractivity (Wildman–Crippen MR) is 192 cm³/mol. The summed E-state index contributed by atoms with van der Waals surface area (Å²) in [6.07, 6.45) is 0. The SMILES string of the molecule is [C-]#[N+]c1ccc(-c2nc(-c3ccc([N+]#[C-])cc3)nc(-c3cccc([Si](c4ccccc4)(c4ccccc4)c4ccccc4)c3)n2)cc1. The van der Waals surface area contributed by atoms with Crippen LogP contribution in [0, 0.1) is 13.1 Å². The van der Waals surface area contributed by atoms with Crippen LogP contribution in [0.25, 0.3) is 43.9 Å². The van der Waals surface area contributed by atoms with E-state index >= 15 is 0 Å². The van der Waals surface area contributed by atoms with Gasteiger partial charge >= 0.3 is 0 Å². The fourth-order valence-corrected chi connectivity index (χ4v) is 10.9. The van der Waals surface area contributed by atoms with Gasteiger partial charge in [0.25, 0.3) is 0 Å². The minimum absolute atomic E-state index is 0.513. The Labute approximate surface area is 275 Å². The van der Waals surface area contributed by atoms with Gasteiger partial charge in [-0.15, -0.1) is 0 Å². The van der Waals surface area contributed by atoms with Crippen LogP contribution in [0.4, 0.5) is 11.4 Å². The fourth-order valence-electron chi connectivity index (χ4n) is 6.09. The Hall–Kier alpha value is -6.47. The molecule has 6 heteroatoms. The smallest absolute Gasteiger partial charge is 0.187 e. The molecule has 0 fully saturated rings. The van der Waals surface area contributed by atoms with Gasteiger partial charge in [-0.1, -0.05) is 164 Å². The van der Waals surface area contributed by atoms with Crippen LogP contribution in [0.1, 0.15) is 0 Å². The number of benzene rings is 6. The molecular formula is C41H27N5Si. The van der Waals surface area contributed by atoms with Crippen molar-refractivity contribution in [1.29, 1.82) is 0 Å². The Bertz CT molecular complexity index is 2070. The first kappa shape index (κ1) is 29.2. The first-order valence-corrected chi connectivity index (χ1v) is 17.2. The van der Waals surface area contributed by atoms with Crippen LogP contribution in [-0.2, 0) is 0 Å². The van der Waals surface area contributed by atoms with E-state index in [1.54, 1.807) is 24.3 Å². The highest BCUT2D eigenvalue weighted by Gasteiger charge is 2.41. The minimum atomic E-state index is -2.77. The lowest BCUT2D eigenvalue weighted by Gasteiger charge is -2.34. The normalized spacial score (nSPS) is 10.9. The van der Waals surface area contributed by atoms with Gasteiger partial charge in [-0.3, -0.25) is 0 Å². The fraction of sp³-hybridized carbons (Fsp3) is 0. The molecular weight excluding hydrogens is 591 g/mol. The molecule has 0 aliphatic rings. The zero-order valence-corrected chi connectivity index (χ0v) is 26.3. The van der Waals surface area contributed by atoms with Crippen LogP contribution < -0.4 is 20.7 Å². The maximum atomic E-state index is 7.37. The zero-order chi connectivity index (χ0) is 32.1. The Morgan fingerprint density at radius 1 is 0.362 bits per heavy atom. The van der Waals surface area contributed by atoms with Gasteiger partial charge in [0, 0.05) is 16.7 Å². The number of aromatic nitrogens is 3. The van der Waals surface area contributed by atoms with E-state index in [1.165, 1.54) is 20.7 Å². The summed E-state index contributed by atoms with van der Waals surface area (Å²) in [5.41, 5.74) is 3.56. The average molecular weight is 618 g/mol. The maximum absolute atomic E-state index is 7.37. The number of hydrogen-bond donors (Lipinski definition) is 0. The molecule has 5 nitrogen and oxygen atoms in total. The average Bonchev–Trinajstić information content (AvgIpc) is 3.16. The highest BCUT2D eigenvalue weighted by molar-refractivity contribution is 7.19. The van der Waals surface area contributed by atoms with Gasteiger partial charge in [0.1, 0.15) is 0 Å². The van der Waals surface area contributed by atoms with Gasteiger partial charge in [0.2, 0.25) is 0 Å². The van der Waals surface area contributed by atoms with E-state index in [4.69, 9.17) is 28.1 Å². The van der Waals surface area contributed by atoms with Crippen molar-refractivity contribution in [2.75, 3.05) is 0 Å². The van der Waals surface area contributed by atoms with E-state index in [2.05, 4.69) is 125 Å². The Morgan fingerprint density at radius 3 is 1.11 bits per heavy atom. The molecule has 0 saturated carbocycles. The lowest BCUT2D eigenvalue weighted by atomic mass is 10.1. The van der Waals surface area contributed by atoms with Crippen molar-refractivity contribution in [3.05, 3.63) is 187 Å². The summed E-state index contributed by atoms with van der Waals surface area (Å²) in [5, 5.41) is 5.06. The van der Waals surface area contributed by atoms with Crippen molar-refractivity contribution in [2.24, 2.45) is 0 Å². The van der Waals surface area contributed by atoms with Gasteiger partial charge in [-0.25, -0.2) is 24.6 Å². The van der Waals surface area contributed by atoms with Crippen LogP contribution in [0.2, 0.25) is 0 Å². The van der Waals surface area contributed by atoms with E-state index in [9.17, 15) is 0 Å². The summed E-state index contributed by atoms with van der Waals surface area (Å²) < 4.78 is 0. The standard InChI is InChI=1S/C41H27N5Si/c1-42-33-25-21-30(22-26-33)39-44-40(31-23-27-34(43-2)28-24-31)46-41(45-39)32-13-12-20-38(29-32)47(35-14-6-3-7-15-35,36-16-8-4-9-17-36)37-18-10-5-11-19-37/h3-29H. The van der Waals surface area contributed by atoms with E-state index < -0.39 is 8.07 Å². The van der Waals surface area contributed by atoms with E-state index in [1.807, 2.05) is 24.3 Å². The molecule has 47 heavy (non-hydrogen) atoms. The van der Waals surface area contributed by atoms with Crippen LogP contribution in [-0.4, -0.2) is 23.0 Å². The highest BCUT2D eigenvalue weighted by atomic mass is 28.3. The van der Waals surface area contributed by atoms with E-state index in [0.29, 0.717) is 28.8 Å². The summed E-state index contributed by atoms with van der Waals surface area (Å²) in [5.74, 6) is 1.57. The number of nitrogens with zero attached hydrogens (tertiary/aromatic N) is 5. The third kappa shape index (κ3) is 5.62. The second-order valence-corrected chi connectivity index (χ2v) is 14.9. The van der Waals surface area contributed by atoms with Gasteiger partial charge in [-0.2, -0.15) is 0 Å². The number of rotatable bonds is 7. The van der Waals surface area contributed by atoms with Gasteiger partial charge in [0.05, 0.1) is 13.1 Å². The molecule has 0 radical (unpaired) electrons. The summed E-state index contributed by atoms with van der Waals surface area (Å²) >= 11 is 0. The molecule has 0 unspecified atom stereocenters. The minimum Gasteiger partial charge on any atom is -0.238 e. The largest absolute Gasteiger partial charge is 0.238 e. The lowest BCUT2D eigenvalue weighted by Crippen LogP contribution is -2.74. The van der Waals surface area contributed by atoms with Gasteiger partial charge in [-0.05, 0) is 20.7 Å². The molecule has 0 spiro atoms. The lowest BCUT2D eigenvalue weighted by molar-refractivity contribution is 1.07. The van der Waals surface area contributed by atoms with Crippen LogP contribution in [0.3, 0.4) is 0 Å². The monoisotopic (exact) mass is 617 g/mol. The first-order valence-electron chi connectivity index (χ1n) is 15.2. The summed E-state index contributed by atoms with van der Waals surface area (Å²) in [6.45, 7) is 14.7. The molecule has 1 aromatic heterocycles. The molecule has 0 saturated heterocycles. The van der Waals surface area contributed by atoms with Crippen molar-refractivity contribution in [3.8, 4) is 34.2 Å². The van der Waals surface area contributed by atoms with Crippen molar-refractivity contribution in [2.45, 2.75) is 0 Å². The van der Waals surface area contributed by atoms with E-state index in [0.717, 1.165) is 16.7 Å². The molecule has 7 rings (SSSR count). The summed E-state index contributed by atoms with van der Waals surface area (Å²) in [6, 6.07) is 55.6. The molecule has 0 amide bonds. The van der Waals surface area contributed by atoms with Crippen molar-refractivity contribution >= 4 is 40.2 Å². The molecule has 0 atom stereocenters. The molecule has 1 heterocycles. The Morgan fingerprint density at radius 2 is 0.723 bits per heavy atom. The van der Waals surface area contributed by atoms with E-state index in [-0.39, 0.29) is 0 Å². The molecule has 7 aromatic rings. The first-order chi connectivity index (χ1) is 23.2. The summed E-state index contributed by atoms with van der Waals surface area (Å²) in [4.78, 5) is 21.9. The highest BCUT2D eigenvalue weighted by Crippen LogP contribution is 2.27. The van der Waals surface area contributed by atoms with Crippen LogP contribution >= 0.6 is 0 Å². The van der Waals surface area contributed by atoms with Crippen molar-refractivity contribution in [3.63, 3.8) is 0 Å². The van der Waals surface area contributed by atoms with Crippen molar-refractivity contribution < 1.29 is 0 Å². The van der Waals surface area contributed by atoms with Crippen LogP contribution in [0.15, 0.2) is 164 Å². The molecule has 0 bridgehead atoms. The van der Waals surface area contributed by atoms with Gasteiger partial charge < -0.3 is 0 Å². The topological polar surface area (TPSA) is 47.4 Å². The summed E-state index contributed by atoms with van der Waals surface area (Å²) in [7, 11) is -2.77. The predicted octanol–water partition coefficient (Wildman–Crippen LogP) is 7.35. The second-order valence-electron chi connectivity index (χ2n) is 11.1. The van der Waals surface area contributed by atoms with Crippen LogP contribution in [0.5, 0.6) is 0 Å². The zero-order valence-electron chi connectivity index (χ0n) is 25.3. The Balaban J connectivity index is 1.47. The third-order valence-corrected chi connectivity index (χ3v) is 13.1. The number of hydrogen-bond acceptors (Lipinski definition) is 3. The third-order valence-electron chi connectivity index (χ3n) is 8.32. The molecule has 6 aromatic carbocycles. The molecule has 220 valence electrons. The Kier molecular flexibility index (Phi) is 8.01. The molecule has 0 aliphatic carbocycles. The second kappa shape index (κ2) is 12.9. The van der Waals surface area contributed by atoms with Crippen molar-refractivity contribution in [1.82, 2.24) is 15.0 Å². The maximum Gasteiger partial charge on any atom is 0.187 e. The molecule has 0 N–H and O–H groups in total.